The molecule has 0 aliphatic heterocycles. The summed E-state index contributed by atoms with van der Waals surface area (Å²) in [6.45, 7) is 0.0139. The van der Waals surface area contributed by atoms with E-state index in [1.54, 1.807) is 30.3 Å². The zero-order valence-corrected chi connectivity index (χ0v) is 15.0. The SMILES string of the molecule is CN(CCOc1ccc(Cl)cc1)C(=O)Cn1cc([N+](=O)[O-])cc(C#N)c1=O. The van der Waals surface area contributed by atoms with Crippen molar-refractivity contribution in [2.75, 3.05) is 20.2 Å². The minimum atomic E-state index is -0.762. The average Bonchev–Trinajstić information content (AvgIpc) is 2.64. The molecule has 1 amide bonds. The lowest BCUT2D eigenvalue weighted by Gasteiger charge is -2.18. The molecule has 0 saturated carbocycles. The predicted molar refractivity (Wildman–Crippen MR) is 96.7 cm³/mol. The van der Waals surface area contributed by atoms with Gasteiger partial charge >= 0.3 is 0 Å². The highest BCUT2D eigenvalue weighted by Crippen LogP contribution is 2.15. The van der Waals surface area contributed by atoms with E-state index < -0.39 is 34.2 Å². The van der Waals surface area contributed by atoms with Gasteiger partial charge in [0.2, 0.25) is 5.91 Å². The second kappa shape index (κ2) is 8.82. The first-order chi connectivity index (χ1) is 12.8. The van der Waals surface area contributed by atoms with Gasteiger partial charge in [-0.15, -0.1) is 0 Å². The molecule has 2 aromatic rings. The summed E-state index contributed by atoms with van der Waals surface area (Å²) in [6.07, 6.45) is 0.944. The van der Waals surface area contributed by atoms with Crippen LogP contribution in [0.25, 0.3) is 0 Å². The van der Waals surface area contributed by atoms with Crippen molar-refractivity contribution in [3.63, 3.8) is 0 Å². The van der Waals surface area contributed by atoms with E-state index in [2.05, 4.69) is 0 Å². The Morgan fingerprint density at radius 3 is 2.67 bits per heavy atom. The number of benzene rings is 1. The van der Waals surface area contributed by atoms with Crippen LogP contribution in [0.2, 0.25) is 5.02 Å². The van der Waals surface area contributed by atoms with Crippen LogP contribution >= 0.6 is 11.6 Å². The molecule has 0 aliphatic carbocycles. The zero-order valence-electron chi connectivity index (χ0n) is 14.3. The van der Waals surface area contributed by atoms with Crippen molar-refractivity contribution in [1.82, 2.24) is 9.47 Å². The topological polar surface area (TPSA) is 118 Å². The maximum Gasteiger partial charge on any atom is 0.287 e. The number of halogens is 1. The Labute approximate surface area is 159 Å². The third-order valence-corrected chi connectivity index (χ3v) is 3.90. The molecular weight excluding hydrogens is 376 g/mol. The maximum absolute atomic E-state index is 12.3. The highest BCUT2D eigenvalue weighted by atomic mass is 35.5. The minimum Gasteiger partial charge on any atom is -0.492 e. The normalized spacial score (nSPS) is 10.1. The number of nitrogens with zero attached hydrogens (tertiary/aromatic N) is 4. The van der Waals surface area contributed by atoms with Crippen LogP contribution in [0.4, 0.5) is 5.69 Å². The Hall–Kier alpha value is -3.38. The summed E-state index contributed by atoms with van der Waals surface area (Å²) in [6, 6.07) is 9.21. The highest BCUT2D eigenvalue weighted by Gasteiger charge is 2.17. The molecule has 1 heterocycles. The smallest absolute Gasteiger partial charge is 0.287 e. The van der Waals surface area contributed by atoms with Crippen molar-refractivity contribution in [2.45, 2.75) is 6.54 Å². The molecule has 0 fully saturated rings. The molecule has 0 radical (unpaired) electrons. The molecular formula is C17H15ClN4O5. The Bertz CT molecular complexity index is 949. The molecule has 2 rings (SSSR count). The van der Waals surface area contributed by atoms with Crippen molar-refractivity contribution in [1.29, 1.82) is 5.26 Å². The number of hydrogen-bond donors (Lipinski definition) is 0. The van der Waals surface area contributed by atoms with Gasteiger partial charge in [-0.2, -0.15) is 5.26 Å². The zero-order chi connectivity index (χ0) is 20.0. The van der Waals surface area contributed by atoms with Gasteiger partial charge in [0.15, 0.2) is 0 Å². The van der Waals surface area contributed by atoms with Crippen LogP contribution in [-0.4, -0.2) is 40.5 Å². The number of amides is 1. The van der Waals surface area contributed by atoms with Crippen LogP contribution in [0.5, 0.6) is 5.75 Å². The predicted octanol–water partition coefficient (Wildman–Crippen LogP) is 1.82. The molecule has 1 aromatic carbocycles. The van der Waals surface area contributed by atoms with E-state index in [0.29, 0.717) is 10.8 Å². The van der Waals surface area contributed by atoms with E-state index in [1.165, 1.54) is 11.9 Å². The monoisotopic (exact) mass is 390 g/mol. The van der Waals surface area contributed by atoms with Gasteiger partial charge in [-0.3, -0.25) is 24.3 Å². The summed E-state index contributed by atoms with van der Waals surface area (Å²) in [7, 11) is 1.52. The molecule has 0 aliphatic rings. The Morgan fingerprint density at radius 2 is 2.07 bits per heavy atom. The molecule has 27 heavy (non-hydrogen) atoms. The largest absolute Gasteiger partial charge is 0.492 e. The molecule has 0 unspecified atom stereocenters. The van der Waals surface area contributed by atoms with Gasteiger partial charge in [0, 0.05) is 18.1 Å². The molecule has 0 N–H and O–H groups in total. The van der Waals surface area contributed by atoms with E-state index in [4.69, 9.17) is 21.6 Å². The summed E-state index contributed by atoms with van der Waals surface area (Å²) < 4.78 is 6.35. The molecule has 9 nitrogen and oxygen atoms in total. The average molecular weight is 391 g/mol. The third kappa shape index (κ3) is 5.29. The van der Waals surface area contributed by atoms with Gasteiger partial charge in [0.05, 0.1) is 17.7 Å². The van der Waals surface area contributed by atoms with Crippen LogP contribution < -0.4 is 10.3 Å². The van der Waals surface area contributed by atoms with Crippen molar-refractivity contribution in [2.24, 2.45) is 0 Å². The van der Waals surface area contributed by atoms with Gasteiger partial charge in [0.1, 0.15) is 30.5 Å². The number of aromatic nitrogens is 1. The molecule has 1 aromatic heterocycles. The van der Waals surface area contributed by atoms with Crippen molar-refractivity contribution < 1.29 is 14.5 Å². The van der Waals surface area contributed by atoms with Crippen LogP contribution in [0, 0.1) is 21.4 Å². The number of ether oxygens (including phenoxy) is 1. The first kappa shape index (κ1) is 19.9. The number of rotatable bonds is 7. The first-order valence-corrected chi connectivity index (χ1v) is 8.11. The third-order valence-electron chi connectivity index (χ3n) is 3.64. The standard InChI is InChI=1S/C17H15ClN4O5/c1-20(6-7-27-15-4-2-13(18)3-5-15)16(23)11-21-10-14(22(25)26)8-12(9-19)17(21)24/h2-5,8,10H,6-7,11H2,1H3. The number of hydrogen-bond acceptors (Lipinski definition) is 6. The highest BCUT2D eigenvalue weighted by molar-refractivity contribution is 6.30. The summed E-state index contributed by atoms with van der Waals surface area (Å²) in [5.74, 6) is 0.134. The first-order valence-electron chi connectivity index (χ1n) is 7.73. The van der Waals surface area contributed by atoms with Gasteiger partial charge in [0.25, 0.3) is 11.2 Å². The fourth-order valence-electron chi connectivity index (χ4n) is 2.14. The maximum atomic E-state index is 12.3. The van der Waals surface area contributed by atoms with E-state index in [-0.39, 0.29) is 13.2 Å². The van der Waals surface area contributed by atoms with Gasteiger partial charge in [-0.25, -0.2) is 0 Å². The number of likely N-dealkylation sites (N-methyl/N-ethyl adjacent to an activating group) is 1. The second-order valence-corrected chi connectivity index (χ2v) is 5.97. The lowest BCUT2D eigenvalue weighted by Crippen LogP contribution is -2.36. The number of nitro groups is 1. The Morgan fingerprint density at radius 1 is 1.41 bits per heavy atom. The Kier molecular flexibility index (Phi) is 6.51. The number of nitriles is 1. The van der Waals surface area contributed by atoms with Gasteiger partial charge in [-0.1, -0.05) is 11.6 Å². The van der Waals surface area contributed by atoms with Crippen molar-refractivity contribution >= 4 is 23.2 Å². The molecule has 0 saturated heterocycles. The van der Waals surface area contributed by atoms with Gasteiger partial charge < -0.3 is 9.64 Å². The molecule has 10 heteroatoms. The van der Waals surface area contributed by atoms with Crippen LogP contribution in [-0.2, 0) is 11.3 Å². The summed E-state index contributed by atoms with van der Waals surface area (Å²) >= 11 is 5.78. The fraction of sp³-hybridized carbons (Fsp3) is 0.235. The molecule has 0 atom stereocenters. The lowest BCUT2D eigenvalue weighted by atomic mass is 10.2. The molecule has 0 spiro atoms. The van der Waals surface area contributed by atoms with Crippen molar-refractivity contribution in [3.8, 4) is 11.8 Å². The molecule has 0 bridgehead atoms. The quantitative estimate of drug-likeness (QED) is 0.525. The lowest BCUT2D eigenvalue weighted by molar-refractivity contribution is -0.385. The van der Waals surface area contributed by atoms with E-state index in [9.17, 15) is 19.7 Å². The van der Waals surface area contributed by atoms with E-state index in [1.807, 2.05) is 0 Å². The number of carbonyl (C=O) groups excluding carboxylic acids is 1. The van der Waals surface area contributed by atoms with Crippen LogP contribution in [0.15, 0.2) is 41.3 Å². The summed E-state index contributed by atoms with van der Waals surface area (Å²) in [5.41, 5.74) is -1.60. The summed E-state index contributed by atoms with van der Waals surface area (Å²) in [4.78, 5) is 35.8. The Balaban J connectivity index is 2.00. The van der Waals surface area contributed by atoms with E-state index in [0.717, 1.165) is 16.8 Å². The fourth-order valence-corrected chi connectivity index (χ4v) is 2.27. The van der Waals surface area contributed by atoms with Gasteiger partial charge in [-0.05, 0) is 24.3 Å². The van der Waals surface area contributed by atoms with Crippen LogP contribution in [0.1, 0.15) is 5.56 Å². The number of pyridine rings is 1. The summed E-state index contributed by atoms with van der Waals surface area (Å²) in [5, 5.41) is 20.4. The second-order valence-electron chi connectivity index (χ2n) is 5.53. The van der Waals surface area contributed by atoms with E-state index >= 15 is 0 Å². The molecule has 140 valence electrons. The van der Waals surface area contributed by atoms with Crippen molar-refractivity contribution in [3.05, 3.63) is 67.6 Å². The van der Waals surface area contributed by atoms with Crippen LogP contribution in [0.3, 0.4) is 0 Å². The number of carbonyl (C=O) groups is 1. The minimum absolute atomic E-state index is 0.206.